The first-order valence-electron chi connectivity index (χ1n) is 9.21. The molecule has 0 N–H and O–H groups in total. The normalized spacial score (nSPS) is 20.0. The molecule has 0 aliphatic heterocycles. The second-order valence-electron chi connectivity index (χ2n) is 6.78. The molecule has 2 aromatic rings. The van der Waals surface area contributed by atoms with Gasteiger partial charge in [0.25, 0.3) is 0 Å². The average molecular weight is 348 g/mol. The Bertz CT molecular complexity index is 690. The van der Waals surface area contributed by atoms with Crippen molar-refractivity contribution in [3.05, 3.63) is 58.9 Å². The second kappa shape index (κ2) is 8.55. The van der Waals surface area contributed by atoms with Crippen molar-refractivity contribution in [2.45, 2.75) is 59.3 Å². The minimum atomic E-state index is -0.609. The molecule has 25 heavy (non-hydrogen) atoms. The molecule has 3 rings (SSSR count). The van der Waals surface area contributed by atoms with Crippen molar-refractivity contribution in [3.63, 3.8) is 0 Å². The highest BCUT2D eigenvalue weighted by atomic mass is 19.1. The third kappa shape index (κ3) is 4.45. The quantitative estimate of drug-likeness (QED) is 0.530. The Labute approximate surface area is 149 Å². The maximum Gasteiger partial charge on any atom is 0.134 e. The molecule has 0 spiro atoms. The summed E-state index contributed by atoms with van der Waals surface area (Å²) in [7, 11) is 0. The van der Waals surface area contributed by atoms with Crippen molar-refractivity contribution in [2.75, 3.05) is 0 Å². The van der Waals surface area contributed by atoms with Gasteiger partial charge in [0, 0.05) is 0 Å². The Morgan fingerprint density at radius 3 is 1.88 bits per heavy atom. The molecule has 0 heterocycles. The minimum absolute atomic E-state index is 0.142. The van der Waals surface area contributed by atoms with Gasteiger partial charge in [-0.25, -0.2) is 13.2 Å². The highest BCUT2D eigenvalue weighted by molar-refractivity contribution is 5.66. The maximum absolute atomic E-state index is 14.5. The van der Waals surface area contributed by atoms with Crippen LogP contribution < -0.4 is 0 Å². The highest BCUT2D eigenvalue weighted by Gasteiger charge is 2.23. The van der Waals surface area contributed by atoms with Gasteiger partial charge in [0.1, 0.15) is 17.5 Å². The summed E-state index contributed by atoms with van der Waals surface area (Å²) in [5.41, 5.74) is 1.29. The Morgan fingerprint density at radius 1 is 0.800 bits per heavy atom. The standard InChI is InChI=1S/C20H21F3.C2H6/c1-12-3-6-14(7-4-12)16-10-18(22)20(19(23)11-16)15-8-5-13(2)17(21)9-15;1-2/h5,8-12,14H,3-4,6-7H2,1-2H3;1-2H3. The molecule has 0 unspecified atom stereocenters. The number of hydrogen-bond donors (Lipinski definition) is 0. The lowest BCUT2D eigenvalue weighted by molar-refractivity contribution is 0.346. The first-order valence-corrected chi connectivity index (χ1v) is 9.21. The van der Waals surface area contributed by atoms with E-state index in [0.29, 0.717) is 11.5 Å². The largest absolute Gasteiger partial charge is 0.207 e. The maximum atomic E-state index is 14.5. The fourth-order valence-electron chi connectivity index (χ4n) is 3.45. The lowest BCUT2D eigenvalue weighted by Gasteiger charge is -2.26. The molecule has 0 nitrogen and oxygen atoms in total. The summed E-state index contributed by atoms with van der Waals surface area (Å²) in [5.74, 6) is -0.759. The summed E-state index contributed by atoms with van der Waals surface area (Å²) >= 11 is 0. The van der Waals surface area contributed by atoms with Crippen molar-refractivity contribution in [1.29, 1.82) is 0 Å². The minimum Gasteiger partial charge on any atom is -0.207 e. The van der Waals surface area contributed by atoms with E-state index >= 15 is 0 Å². The third-order valence-corrected chi connectivity index (χ3v) is 5.01. The predicted molar refractivity (Wildman–Crippen MR) is 98.2 cm³/mol. The molecule has 2 aromatic carbocycles. The molecule has 0 saturated heterocycles. The molecule has 0 atom stereocenters. The first-order chi connectivity index (χ1) is 12.0. The summed E-state index contributed by atoms with van der Waals surface area (Å²) < 4.78 is 42.7. The van der Waals surface area contributed by atoms with E-state index in [1.54, 1.807) is 19.1 Å². The molecule has 1 aliphatic carbocycles. The monoisotopic (exact) mass is 348 g/mol. The molecule has 3 heteroatoms. The molecule has 1 fully saturated rings. The summed E-state index contributed by atoms with van der Waals surface area (Å²) in [5, 5.41) is 0. The number of benzene rings is 2. The van der Waals surface area contributed by atoms with Crippen molar-refractivity contribution < 1.29 is 13.2 Å². The Hall–Kier alpha value is -1.77. The molecule has 0 amide bonds. The van der Waals surface area contributed by atoms with E-state index in [-0.39, 0.29) is 17.0 Å². The van der Waals surface area contributed by atoms with E-state index in [1.807, 2.05) is 13.8 Å². The van der Waals surface area contributed by atoms with Crippen LogP contribution in [0.25, 0.3) is 11.1 Å². The van der Waals surface area contributed by atoms with Gasteiger partial charge in [-0.1, -0.05) is 45.7 Å². The van der Waals surface area contributed by atoms with E-state index in [2.05, 4.69) is 6.92 Å². The first kappa shape index (κ1) is 19.6. The van der Waals surface area contributed by atoms with Crippen molar-refractivity contribution in [2.24, 2.45) is 5.92 Å². The zero-order valence-corrected chi connectivity index (χ0v) is 15.5. The summed E-state index contributed by atoms with van der Waals surface area (Å²) in [4.78, 5) is 0. The van der Waals surface area contributed by atoms with Crippen LogP contribution in [0.2, 0.25) is 0 Å². The van der Waals surface area contributed by atoms with E-state index in [9.17, 15) is 13.2 Å². The molecular formula is C22H27F3. The van der Waals surface area contributed by atoms with Gasteiger partial charge < -0.3 is 0 Å². The molecule has 1 aliphatic rings. The zero-order valence-electron chi connectivity index (χ0n) is 15.5. The SMILES string of the molecule is CC.Cc1ccc(-c2c(F)cc(C3CCC(C)CC3)cc2F)cc1F. The Morgan fingerprint density at radius 2 is 1.36 bits per heavy atom. The van der Waals surface area contributed by atoms with Crippen LogP contribution in [0.1, 0.15) is 63.5 Å². The van der Waals surface area contributed by atoms with Gasteiger partial charge in [-0.3, -0.25) is 0 Å². The van der Waals surface area contributed by atoms with Crippen LogP contribution in [-0.2, 0) is 0 Å². The van der Waals surface area contributed by atoms with Gasteiger partial charge >= 0.3 is 0 Å². The topological polar surface area (TPSA) is 0 Å². The van der Waals surface area contributed by atoms with Gasteiger partial charge in [-0.05, 0) is 66.5 Å². The average Bonchev–Trinajstić information content (AvgIpc) is 2.60. The number of hydrogen-bond acceptors (Lipinski definition) is 0. The van der Waals surface area contributed by atoms with Gasteiger partial charge in [-0.2, -0.15) is 0 Å². The van der Waals surface area contributed by atoms with Crippen LogP contribution >= 0.6 is 0 Å². The lowest BCUT2D eigenvalue weighted by Crippen LogP contribution is -2.11. The smallest absolute Gasteiger partial charge is 0.134 e. The summed E-state index contributed by atoms with van der Waals surface area (Å²) in [6, 6.07) is 7.15. The third-order valence-electron chi connectivity index (χ3n) is 5.01. The van der Waals surface area contributed by atoms with Gasteiger partial charge in [0.2, 0.25) is 0 Å². The molecular weight excluding hydrogens is 321 g/mol. The lowest BCUT2D eigenvalue weighted by atomic mass is 9.79. The van der Waals surface area contributed by atoms with Crippen LogP contribution in [-0.4, -0.2) is 0 Å². The van der Waals surface area contributed by atoms with E-state index in [0.717, 1.165) is 31.2 Å². The van der Waals surface area contributed by atoms with E-state index < -0.39 is 17.5 Å². The van der Waals surface area contributed by atoms with Crippen LogP contribution in [0, 0.1) is 30.3 Å². The van der Waals surface area contributed by atoms with Crippen molar-refractivity contribution >= 4 is 0 Å². The highest BCUT2D eigenvalue weighted by Crippen LogP contribution is 2.38. The number of rotatable bonds is 2. The molecule has 0 radical (unpaired) electrons. The Balaban J connectivity index is 0.00000109. The zero-order chi connectivity index (χ0) is 18.6. The van der Waals surface area contributed by atoms with E-state index in [1.165, 1.54) is 18.2 Å². The van der Waals surface area contributed by atoms with Gasteiger partial charge in [0.15, 0.2) is 0 Å². The fourth-order valence-corrected chi connectivity index (χ4v) is 3.45. The van der Waals surface area contributed by atoms with Crippen molar-refractivity contribution in [1.82, 2.24) is 0 Å². The molecule has 0 bridgehead atoms. The fraction of sp³-hybridized carbons (Fsp3) is 0.455. The van der Waals surface area contributed by atoms with E-state index in [4.69, 9.17) is 0 Å². The number of halogens is 3. The van der Waals surface area contributed by atoms with Crippen LogP contribution in [0.15, 0.2) is 30.3 Å². The molecule has 136 valence electrons. The summed E-state index contributed by atoms with van der Waals surface area (Å²) in [6.45, 7) is 7.84. The summed E-state index contributed by atoms with van der Waals surface area (Å²) in [6.07, 6.45) is 4.13. The predicted octanol–water partition coefficient (Wildman–Crippen LogP) is 7.40. The second-order valence-corrected chi connectivity index (χ2v) is 6.78. The van der Waals surface area contributed by atoms with Gasteiger partial charge in [-0.15, -0.1) is 0 Å². The van der Waals surface area contributed by atoms with Crippen molar-refractivity contribution in [3.8, 4) is 11.1 Å². The number of aryl methyl sites for hydroxylation is 1. The Kier molecular flexibility index (Phi) is 6.69. The van der Waals surface area contributed by atoms with Gasteiger partial charge in [0.05, 0.1) is 5.56 Å². The van der Waals surface area contributed by atoms with Crippen LogP contribution in [0.3, 0.4) is 0 Å². The molecule has 1 saturated carbocycles. The molecule has 0 aromatic heterocycles. The van der Waals surface area contributed by atoms with Crippen LogP contribution in [0.5, 0.6) is 0 Å². The van der Waals surface area contributed by atoms with Crippen LogP contribution in [0.4, 0.5) is 13.2 Å².